The van der Waals surface area contributed by atoms with E-state index >= 15 is 0 Å². The molecule has 3 N–H and O–H groups in total. The molecule has 1 unspecified atom stereocenters. The van der Waals surface area contributed by atoms with Crippen LogP contribution in [-0.2, 0) is 11.3 Å². The van der Waals surface area contributed by atoms with E-state index in [1.165, 1.54) is 12.1 Å². The molecule has 0 amide bonds. The molecular formula is C22H29FIN3O3. The number of aliphatic imine (C=N–C) groups is 1. The molecule has 0 spiro atoms. The second-order valence-electron chi connectivity index (χ2n) is 7.26. The summed E-state index contributed by atoms with van der Waals surface area (Å²) in [7, 11) is 1.73. The summed E-state index contributed by atoms with van der Waals surface area (Å²) in [5, 5.41) is 16.0. The van der Waals surface area contributed by atoms with Crippen LogP contribution in [0.5, 0.6) is 11.5 Å². The maximum Gasteiger partial charge on any atom is 0.191 e. The van der Waals surface area contributed by atoms with Gasteiger partial charge in [0, 0.05) is 38.8 Å². The number of benzene rings is 2. The molecule has 1 aliphatic rings. The second-order valence-corrected chi connectivity index (χ2v) is 7.26. The number of ether oxygens (including phenoxy) is 2. The largest absolute Gasteiger partial charge is 0.457 e. The van der Waals surface area contributed by atoms with Gasteiger partial charge in [0.2, 0.25) is 0 Å². The topological polar surface area (TPSA) is 75.1 Å². The van der Waals surface area contributed by atoms with Gasteiger partial charge >= 0.3 is 0 Å². The number of guanidine groups is 1. The standard InChI is InChI=1S/C22H28FN3O3.HI/c1-24-21(26-15-22(10-12-27)11-13-28-16-22)25-14-17-2-6-19(7-3-17)29-20-8-4-18(23)5-9-20;/h2-9,27H,10-16H2,1H3,(H2,24,25,26);1H. The zero-order valence-corrected chi connectivity index (χ0v) is 19.4. The van der Waals surface area contributed by atoms with Crippen LogP contribution in [0.4, 0.5) is 4.39 Å². The van der Waals surface area contributed by atoms with Gasteiger partial charge in [0.05, 0.1) is 6.61 Å². The summed E-state index contributed by atoms with van der Waals surface area (Å²) in [5.74, 6) is 1.70. The van der Waals surface area contributed by atoms with Crippen LogP contribution in [0, 0.1) is 11.2 Å². The predicted molar refractivity (Wildman–Crippen MR) is 126 cm³/mol. The van der Waals surface area contributed by atoms with E-state index in [9.17, 15) is 9.50 Å². The molecule has 0 saturated carbocycles. The quantitative estimate of drug-likeness (QED) is 0.277. The highest BCUT2D eigenvalue weighted by Gasteiger charge is 2.34. The highest BCUT2D eigenvalue weighted by molar-refractivity contribution is 14.0. The van der Waals surface area contributed by atoms with Crippen LogP contribution < -0.4 is 15.4 Å². The van der Waals surface area contributed by atoms with Gasteiger partial charge in [-0.05, 0) is 54.8 Å². The minimum Gasteiger partial charge on any atom is -0.457 e. The Hall–Kier alpha value is -1.91. The van der Waals surface area contributed by atoms with Crippen molar-refractivity contribution in [1.29, 1.82) is 0 Å². The van der Waals surface area contributed by atoms with Gasteiger partial charge in [-0.2, -0.15) is 0 Å². The summed E-state index contributed by atoms with van der Waals surface area (Å²) in [6, 6.07) is 13.6. The highest BCUT2D eigenvalue weighted by Crippen LogP contribution is 2.31. The lowest BCUT2D eigenvalue weighted by atomic mass is 9.84. The van der Waals surface area contributed by atoms with Gasteiger partial charge in [0.15, 0.2) is 5.96 Å². The Bertz CT molecular complexity index is 794. The molecule has 1 saturated heterocycles. The molecular weight excluding hydrogens is 500 g/mol. The lowest BCUT2D eigenvalue weighted by Crippen LogP contribution is -2.44. The van der Waals surface area contributed by atoms with Crippen LogP contribution in [-0.4, -0.2) is 44.5 Å². The SMILES string of the molecule is CN=C(NCc1ccc(Oc2ccc(F)cc2)cc1)NCC1(CCO)CCOC1.I. The van der Waals surface area contributed by atoms with Gasteiger partial charge in [-0.25, -0.2) is 4.39 Å². The zero-order chi connectivity index (χ0) is 20.5. The van der Waals surface area contributed by atoms with Gasteiger partial charge < -0.3 is 25.2 Å². The molecule has 0 bridgehead atoms. The molecule has 164 valence electrons. The average Bonchev–Trinajstić information content (AvgIpc) is 3.20. The monoisotopic (exact) mass is 529 g/mol. The summed E-state index contributed by atoms with van der Waals surface area (Å²) in [5.41, 5.74) is 1.04. The van der Waals surface area contributed by atoms with Crippen molar-refractivity contribution in [2.45, 2.75) is 19.4 Å². The van der Waals surface area contributed by atoms with Gasteiger partial charge in [-0.1, -0.05) is 12.1 Å². The van der Waals surface area contributed by atoms with Crippen LogP contribution in [0.25, 0.3) is 0 Å². The van der Waals surface area contributed by atoms with Crippen molar-refractivity contribution in [3.8, 4) is 11.5 Å². The van der Waals surface area contributed by atoms with Crippen LogP contribution in [0.2, 0.25) is 0 Å². The lowest BCUT2D eigenvalue weighted by molar-refractivity contribution is 0.127. The Balaban J connectivity index is 0.00000320. The molecule has 1 atom stereocenters. The smallest absolute Gasteiger partial charge is 0.191 e. The number of aliphatic hydroxyl groups is 1. The van der Waals surface area contributed by atoms with Crippen LogP contribution >= 0.6 is 24.0 Å². The highest BCUT2D eigenvalue weighted by atomic mass is 127. The third-order valence-electron chi connectivity index (χ3n) is 5.11. The third-order valence-corrected chi connectivity index (χ3v) is 5.11. The molecule has 2 aromatic rings. The maximum absolute atomic E-state index is 13.0. The first-order valence-electron chi connectivity index (χ1n) is 9.78. The molecule has 0 aliphatic carbocycles. The third kappa shape index (κ3) is 7.10. The van der Waals surface area contributed by atoms with Gasteiger partial charge in [-0.15, -0.1) is 24.0 Å². The summed E-state index contributed by atoms with van der Waals surface area (Å²) < 4.78 is 24.2. The molecule has 2 aromatic carbocycles. The van der Waals surface area contributed by atoms with E-state index in [0.29, 0.717) is 43.6 Å². The van der Waals surface area contributed by atoms with Crippen LogP contribution in [0.1, 0.15) is 18.4 Å². The molecule has 1 aliphatic heterocycles. The van der Waals surface area contributed by atoms with Gasteiger partial charge in [-0.3, -0.25) is 4.99 Å². The first-order chi connectivity index (χ1) is 14.1. The normalized spacial score (nSPS) is 18.6. The van der Waals surface area contributed by atoms with E-state index in [0.717, 1.165) is 18.6 Å². The van der Waals surface area contributed by atoms with E-state index < -0.39 is 0 Å². The van der Waals surface area contributed by atoms with E-state index in [4.69, 9.17) is 9.47 Å². The fourth-order valence-corrected chi connectivity index (χ4v) is 3.30. The Kier molecular flexibility index (Phi) is 9.80. The number of nitrogens with zero attached hydrogens (tertiary/aromatic N) is 1. The van der Waals surface area contributed by atoms with Crippen molar-refractivity contribution in [1.82, 2.24) is 10.6 Å². The summed E-state index contributed by atoms with van der Waals surface area (Å²) >= 11 is 0. The molecule has 3 rings (SSSR count). The number of rotatable bonds is 8. The minimum absolute atomic E-state index is 0. The molecule has 8 heteroatoms. The van der Waals surface area contributed by atoms with E-state index in [2.05, 4.69) is 15.6 Å². The Labute approximate surface area is 193 Å². The van der Waals surface area contributed by atoms with E-state index in [-0.39, 0.29) is 41.8 Å². The number of halogens is 2. The fourth-order valence-electron chi connectivity index (χ4n) is 3.30. The Morgan fingerprint density at radius 3 is 2.37 bits per heavy atom. The molecule has 1 fully saturated rings. The number of nitrogens with one attached hydrogen (secondary N) is 2. The molecule has 1 heterocycles. The van der Waals surface area contributed by atoms with Crippen molar-refractivity contribution >= 4 is 29.9 Å². The van der Waals surface area contributed by atoms with Crippen molar-refractivity contribution in [3.05, 3.63) is 59.9 Å². The zero-order valence-electron chi connectivity index (χ0n) is 17.1. The van der Waals surface area contributed by atoms with Gasteiger partial charge in [0.1, 0.15) is 17.3 Å². The summed E-state index contributed by atoms with van der Waals surface area (Å²) in [6.45, 7) is 2.87. The number of aliphatic hydroxyl groups excluding tert-OH is 1. The van der Waals surface area contributed by atoms with Crippen LogP contribution in [0.3, 0.4) is 0 Å². The fraction of sp³-hybridized carbons (Fsp3) is 0.409. The van der Waals surface area contributed by atoms with Crippen molar-refractivity contribution in [3.63, 3.8) is 0 Å². The average molecular weight is 529 g/mol. The molecule has 6 nitrogen and oxygen atoms in total. The molecule has 30 heavy (non-hydrogen) atoms. The van der Waals surface area contributed by atoms with E-state index in [1.54, 1.807) is 19.2 Å². The lowest BCUT2D eigenvalue weighted by Gasteiger charge is -2.27. The van der Waals surface area contributed by atoms with Gasteiger partial charge in [0.25, 0.3) is 0 Å². The molecule has 0 aromatic heterocycles. The van der Waals surface area contributed by atoms with Crippen molar-refractivity contribution in [2.24, 2.45) is 10.4 Å². The predicted octanol–water partition coefficient (Wildman–Crippen LogP) is 3.69. The van der Waals surface area contributed by atoms with Crippen LogP contribution in [0.15, 0.2) is 53.5 Å². The van der Waals surface area contributed by atoms with Crippen molar-refractivity contribution in [2.75, 3.05) is 33.4 Å². The summed E-state index contributed by atoms with van der Waals surface area (Å²) in [4.78, 5) is 4.27. The second kappa shape index (κ2) is 12.1. The minimum atomic E-state index is -0.288. The van der Waals surface area contributed by atoms with E-state index in [1.807, 2.05) is 24.3 Å². The number of hydrogen-bond donors (Lipinski definition) is 3. The number of hydrogen-bond acceptors (Lipinski definition) is 4. The van der Waals surface area contributed by atoms with Crippen molar-refractivity contribution < 1.29 is 19.0 Å². The first kappa shape index (κ1) is 24.4. The Morgan fingerprint density at radius 2 is 1.80 bits per heavy atom. The first-order valence-corrected chi connectivity index (χ1v) is 9.78. The summed E-state index contributed by atoms with van der Waals surface area (Å²) in [6.07, 6.45) is 1.65. The Morgan fingerprint density at radius 1 is 1.13 bits per heavy atom. The molecule has 0 radical (unpaired) electrons. The maximum atomic E-state index is 13.0.